The fraction of sp³-hybridized carbons (Fsp3) is 0.500. The van der Waals surface area contributed by atoms with Crippen LogP contribution in [0.3, 0.4) is 0 Å². The van der Waals surface area contributed by atoms with E-state index in [4.69, 9.17) is 0 Å². The smallest absolute Gasteiger partial charge is 0.212 e. The van der Waals surface area contributed by atoms with Gasteiger partial charge in [0.2, 0.25) is 10.0 Å². The molecular weight excluding hydrogens is 321 g/mol. The van der Waals surface area contributed by atoms with E-state index >= 15 is 0 Å². The molecule has 0 aromatic heterocycles. The fourth-order valence-corrected chi connectivity index (χ4v) is 3.68. The van der Waals surface area contributed by atoms with E-state index in [0.29, 0.717) is 10.4 Å². The predicted molar refractivity (Wildman–Crippen MR) is 72.0 cm³/mol. The summed E-state index contributed by atoms with van der Waals surface area (Å²) in [5, 5.41) is 0. The first kappa shape index (κ1) is 14.0. The summed E-state index contributed by atoms with van der Waals surface area (Å²) in [6.45, 7) is 1.85. The maximum atomic E-state index is 13.6. The van der Waals surface area contributed by atoms with E-state index in [1.165, 1.54) is 12.1 Å². The first-order valence-electron chi connectivity index (χ1n) is 5.81. The van der Waals surface area contributed by atoms with Crippen LogP contribution in [0.2, 0.25) is 0 Å². The van der Waals surface area contributed by atoms with E-state index in [2.05, 4.69) is 20.7 Å². The van der Waals surface area contributed by atoms with Gasteiger partial charge < -0.3 is 0 Å². The molecule has 0 bridgehead atoms. The molecular formula is C12H15BrFNO2S. The van der Waals surface area contributed by atoms with Crippen molar-refractivity contribution in [2.75, 3.05) is 0 Å². The summed E-state index contributed by atoms with van der Waals surface area (Å²) >= 11 is 3.14. The van der Waals surface area contributed by atoms with Crippen LogP contribution in [-0.4, -0.2) is 14.5 Å². The minimum Gasteiger partial charge on any atom is -0.212 e. The van der Waals surface area contributed by atoms with Crippen molar-refractivity contribution < 1.29 is 12.8 Å². The summed E-state index contributed by atoms with van der Waals surface area (Å²) in [4.78, 5) is 0. The Morgan fingerprint density at radius 2 is 2.17 bits per heavy atom. The molecule has 1 aromatic carbocycles. The monoisotopic (exact) mass is 335 g/mol. The summed E-state index contributed by atoms with van der Waals surface area (Å²) in [6, 6.07) is 4.34. The lowest BCUT2D eigenvalue weighted by Gasteiger charge is -2.13. The largest absolute Gasteiger partial charge is 0.216 e. The number of halogens is 2. The summed E-state index contributed by atoms with van der Waals surface area (Å²) < 4.78 is 40.5. The van der Waals surface area contributed by atoms with Crippen molar-refractivity contribution in [3.8, 4) is 0 Å². The van der Waals surface area contributed by atoms with E-state index in [-0.39, 0.29) is 17.4 Å². The van der Waals surface area contributed by atoms with Crippen molar-refractivity contribution in [1.82, 2.24) is 4.72 Å². The van der Waals surface area contributed by atoms with Gasteiger partial charge >= 0.3 is 0 Å². The zero-order valence-electron chi connectivity index (χ0n) is 9.99. The summed E-state index contributed by atoms with van der Waals surface area (Å²) in [6.07, 6.45) is 2.13. The molecule has 0 spiro atoms. The Morgan fingerprint density at radius 1 is 1.50 bits per heavy atom. The van der Waals surface area contributed by atoms with Crippen LogP contribution in [0.4, 0.5) is 4.39 Å². The average molecular weight is 336 g/mol. The van der Waals surface area contributed by atoms with Crippen LogP contribution in [-0.2, 0) is 15.8 Å². The average Bonchev–Trinajstić information content (AvgIpc) is 3.05. The Hall–Kier alpha value is -0.460. The lowest BCUT2D eigenvalue weighted by Crippen LogP contribution is -2.35. The second kappa shape index (κ2) is 5.27. The summed E-state index contributed by atoms with van der Waals surface area (Å²) in [7, 11) is -3.48. The second-order valence-electron chi connectivity index (χ2n) is 4.74. The highest BCUT2D eigenvalue weighted by molar-refractivity contribution is 9.10. The van der Waals surface area contributed by atoms with Gasteiger partial charge in [-0.1, -0.05) is 22.0 Å². The Labute approximate surface area is 115 Å². The second-order valence-corrected chi connectivity index (χ2v) is 7.41. The standard InChI is InChI=1S/C12H15BrFNO2S/c1-8(9-2-3-9)15-18(16,17)7-10-4-5-11(13)6-12(10)14/h4-6,8-9,15H,2-3,7H2,1H3/t8-/m0/s1. The van der Waals surface area contributed by atoms with Gasteiger partial charge in [-0.2, -0.15) is 0 Å². The zero-order valence-corrected chi connectivity index (χ0v) is 12.4. The quantitative estimate of drug-likeness (QED) is 0.899. The molecule has 0 unspecified atom stereocenters. The fourth-order valence-electron chi connectivity index (χ4n) is 1.86. The number of sulfonamides is 1. The Kier molecular flexibility index (Phi) is 4.08. The topological polar surface area (TPSA) is 46.2 Å². The number of rotatable bonds is 5. The zero-order chi connectivity index (χ0) is 13.3. The third-order valence-electron chi connectivity index (χ3n) is 3.06. The first-order chi connectivity index (χ1) is 8.37. The lowest BCUT2D eigenvalue weighted by molar-refractivity contribution is 0.535. The SMILES string of the molecule is C[C@H](NS(=O)(=O)Cc1ccc(Br)cc1F)C1CC1. The van der Waals surface area contributed by atoms with Gasteiger partial charge in [0.25, 0.3) is 0 Å². The van der Waals surface area contributed by atoms with Crippen molar-refractivity contribution >= 4 is 26.0 Å². The lowest BCUT2D eigenvalue weighted by atomic mass is 10.2. The normalized spacial score (nSPS) is 17.7. The Morgan fingerprint density at radius 3 is 2.72 bits per heavy atom. The minimum atomic E-state index is -3.48. The van der Waals surface area contributed by atoms with Crippen molar-refractivity contribution in [1.29, 1.82) is 0 Å². The van der Waals surface area contributed by atoms with Crippen LogP contribution in [0.15, 0.2) is 22.7 Å². The van der Waals surface area contributed by atoms with Crippen LogP contribution < -0.4 is 4.72 Å². The molecule has 3 nitrogen and oxygen atoms in total. The van der Waals surface area contributed by atoms with Crippen LogP contribution in [0.1, 0.15) is 25.3 Å². The molecule has 1 saturated carbocycles. The highest BCUT2D eigenvalue weighted by Gasteiger charge is 2.30. The molecule has 0 aliphatic heterocycles. The van der Waals surface area contributed by atoms with Crippen molar-refractivity contribution in [2.45, 2.75) is 31.6 Å². The molecule has 6 heteroatoms. The van der Waals surface area contributed by atoms with Gasteiger partial charge in [0.15, 0.2) is 0 Å². The third kappa shape index (κ3) is 3.76. The maximum absolute atomic E-state index is 13.6. The van der Waals surface area contributed by atoms with E-state index in [1.54, 1.807) is 6.07 Å². The third-order valence-corrected chi connectivity index (χ3v) is 4.97. The molecule has 0 saturated heterocycles. The molecule has 1 aliphatic carbocycles. The Balaban J connectivity index is 2.06. The molecule has 2 rings (SSSR count). The molecule has 0 amide bonds. The van der Waals surface area contributed by atoms with Crippen LogP contribution in [0, 0.1) is 11.7 Å². The van der Waals surface area contributed by atoms with Crippen molar-refractivity contribution in [3.05, 3.63) is 34.1 Å². The van der Waals surface area contributed by atoms with E-state index in [9.17, 15) is 12.8 Å². The first-order valence-corrected chi connectivity index (χ1v) is 8.26. The molecule has 0 heterocycles. The van der Waals surface area contributed by atoms with Crippen molar-refractivity contribution in [3.63, 3.8) is 0 Å². The Bertz CT molecular complexity index is 543. The molecule has 0 radical (unpaired) electrons. The van der Waals surface area contributed by atoms with Gasteiger partial charge in [0, 0.05) is 16.1 Å². The molecule has 100 valence electrons. The molecule has 1 fully saturated rings. The van der Waals surface area contributed by atoms with E-state index in [1.807, 2.05) is 6.92 Å². The van der Waals surface area contributed by atoms with E-state index in [0.717, 1.165) is 12.8 Å². The number of hydrogen-bond acceptors (Lipinski definition) is 2. The highest BCUT2D eigenvalue weighted by Crippen LogP contribution is 2.32. The predicted octanol–water partition coefficient (Wildman–Crippen LogP) is 2.81. The maximum Gasteiger partial charge on any atom is 0.216 e. The minimum absolute atomic E-state index is 0.0616. The van der Waals surface area contributed by atoms with Gasteiger partial charge in [-0.15, -0.1) is 0 Å². The van der Waals surface area contributed by atoms with Crippen LogP contribution in [0.5, 0.6) is 0 Å². The highest BCUT2D eigenvalue weighted by atomic mass is 79.9. The number of nitrogens with one attached hydrogen (secondary N) is 1. The number of benzene rings is 1. The molecule has 1 N–H and O–H groups in total. The van der Waals surface area contributed by atoms with Crippen molar-refractivity contribution in [2.24, 2.45) is 5.92 Å². The van der Waals surface area contributed by atoms with Gasteiger partial charge in [0.05, 0.1) is 5.75 Å². The van der Waals surface area contributed by atoms with Gasteiger partial charge in [0.1, 0.15) is 5.82 Å². The van der Waals surface area contributed by atoms with Gasteiger partial charge in [-0.25, -0.2) is 17.5 Å². The molecule has 1 atom stereocenters. The van der Waals surface area contributed by atoms with E-state index < -0.39 is 15.8 Å². The summed E-state index contributed by atoms with van der Waals surface area (Å²) in [5.41, 5.74) is 0.189. The van der Waals surface area contributed by atoms with Crippen LogP contribution >= 0.6 is 15.9 Å². The summed E-state index contributed by atoms with van der Waals surface area (Å²) in [5.74, 6) is -0.383. The van der Waals surface area contributed by atoms with Crippen LogP contribution in [0.25, 0.3) is 0 Å². The molecule has 1 aromatic rings. The van der Waals surface area contributed by atoms with Gasteiger partial charge in [-0.05, 0) is 37.8 Å². The molecule has 18 heavy (non-hydrogen) atoms. The van der Waals surface area contributed by atoms with Gasteiger partial charge in [-0.3, -0.25) is 0 Å². The number of hydrogen-bond donors (Lipinski definition) is 1. The molecule has 1 aliphatic rings.